The molecule has 2 aromatic heterocycles. The van der Waals surface area contributed by atoms with Gasteiger partial charge in [-0.05, 0) is 32.9 Å². The summed E-state index contributed by atoms with van der Waals surface area (Å²) in [5.41, 5.74) is 0.215. The van der Waals surface area contributed by atoms with Gasteiger partial charge in [0.1, 0.15) is 16.3 Å². The van der Waals surface area contributed by atoms with Crippen LogP contribution in [0.5, 0.6) is 0 Å². The summed E-state index contributed by atoms with van der Waals surface area (Å²) in [5.74, 6) is 0.316. The Morgan fingerprint density at radius 1 is 1.43 bits per heavy atom. The Hall–Kier alpha value is -1.89. The number of fused-ring (bicyclic) bond motifs is 1. The van der Waals surface area contributed by atoms with Gasteiger partial charge in [-0.3, -0.25) is 8.61 Å². The van der Waals surface area contributed by atoms with E-state index in [0.717, 1.165) is 5.65 Å². The molecule has 0 aliphatic carbocycles. The zero-order valence-corrected chi connectivity index (χ0v) is 13.1. The number of carbonyl (C=O) groups excluding carboxylic acids is 1. The lowest BCUT2D eigenvalue weighted by Crippen LogP contribution is -2.34. The number of hydrogen-bond acceptors (Lipinski definition) is 4. The van der Waals surface area contributed by atoms with Gasteiger partial charge < -0.3 is 10.1 Å². The average Bonchev–Trinajstić information content (AvgIpc) is 2.84. The standard InChI is InChI=1S/C14H19N3O3S/c1-14(2,3)20-13(18)16-8-10-21(19)12-6-4-5-11-15-7-9-17(11)12/h4-7,9H,8,10H2,1-3H3,(H,16,18). The van der Waals surface area contributed by atoms with Crippen LogP contribution in [0.25, 0.3) is 5.65 Å². The minimum absolute atomic E-state index is 0.284. The number of rotatable bonds is 4. The highest BCUT2D eigenvalue weighted by molar-refractivity contribution is 7.85. The fourth-order valence-electron chi connectivity index (χ4n) is 1.77. The van der Waals surface area contributed by atoms with Gasteiger partial charge in [0, 0.05) is 24.7 Å². The first-order valence-corrected chi connectivity index (χ1v) is 7.96. The van der Waals surface area contributed by atoms with Crippen molar-refractivity contribution in [1.29, 1.82) is 0 Å². The average molecular weight is 309 g/mol. The topological polar surface area (TPSA) is 72.7 Å². The summed E-state index contributed by atoms with van der Waals surface area (Å²) in [4.78, 5) is 15.6. The second-order valence-electron chi connectivity index (χ2n) is 5.50. The van der Waals surface area contributed by atoms with E-state index in [-0.39, 0.29) is 6.54 Å². The van der Waals surface area contributed by atoms with E-state index in [4.69, 9.17) is 4.74 Å². The quantitative estimate of drug-likeness (QED) is 0.937. The van der Waals surface area contributed by atoms with Gasteiger partial charge in [-0.15, -0.1) is 0 Å². The SMILES string of the molecule is CC(C)(C)OC(=O)NCCS(=O)c1cccc2nccn12. The summed E-state index contributed by atoms with van der Waals surface area (Å²) in [6.45, 7) is 5.67. The number of alkyl carbamates (subject to hydrolysis) is 1. The van der Waals surface area contributed by atoms with E-state index in [0.29, 0.717) is 10.8 Å². The van der Waals surface area contributed by atoms with Crippen molar-refractivity contribution in [2.24, 2.45) is 0 Å². The predicted octanol–water partition coefficient (Wildman–Crippen LogP) is 1.97. The highest BCUT2D eigenvalue weighted by Crippen LogP contribution is 2.10. The number of carbonyl (C=O) groups is 1. The zero-order valence-electron chi connectivity index (χ0n) is 12.3. The smallest absolute Gasteiger partial charge is 0.407 e. The number of imidazole rings is 1. The molecule has 2 rings (SSSR count). The van der Waals surface area contributed by atoms with E-state index >= 15 is 0 Å². The molecular formula is C14H19N3O3S. The molecule has 1 atom stereocenters. The molecule has 21 heavy (non-hydrogen) atoms. The molecule has 1 N–H and O–H groups in total. The van der Waals surface area contributed by atoms with E-state index < -0.39 is 22.5 Å². The van der Waals surface area contributed by atoms with Crippen LogP contribution in [0.4, 0.5) is 4.79 Å². The molecule has 0 aliphatic heterocycles. The maximum Gasteiger partial charge on any atom is 0.407 e. The Morgan fingerprint density at radius 3 is 2.90 bits per heavy atom. The minimum Gasteiger partial charge on any atom is -0.444 e. The van der Waals surface area contributed by atoms with Gasteiger partial charge in [0.2, 0.25) is 0 Å². The molecule has 1 amide bonds. The van der Waals surface area contributed by atoms with Gasteiger partial charge in [-0.1, -0.05) is 6.07 Å². The maximum absolute atomic E-state index is 12.3. The van der Waals surface area contributed by atoms with Gasteiger partial charge in [0.25, 0.3) is 0 Å². The number of amides is 1. The van der Waals surface area contributed by atoms with Crippen LogP contribution in [0.15, 0.2) is 35.6 Å². The van der Waals surface area contributed by atoms with Crippen molar-refractivity contribution < 1.29 is 13.7 Å². The molecular weight excluding hydrogens is 290 g/mol. The van der Waals surface area contributed by atoms with E-state index in [1.807, 2.05) is 12.1 Å². The molecule has 2 heterocycles. The third-order valence-electron chi connectivity index (χ3n) is 2.58. The molecule has 0 saturated carbocycles. The van der Waals surface area contributed by atoms with Crippen molar-refractivity contribution >= 4 is 22.5 Å². The van der Waals surface area contributed by atoms with Crippen LogP contribution in [0.3, 0.4) is 0 Å². The predicted molar refractivity (Wildman–Crippen MR) is 80.7 cm³/mol. The second kappa shape index (κ2) is 6.26. The first kappa shape index (κ1) is 15.5. The third kappa shape index (κ3) is 4.29. The largest absolute Gasteiger partial charge is 0.444 e. The number of hydrogen-bond donors (Lipinski definition) is 1. The van der Waals surface area contributed by atoms with Gasteiger partial charge in [0.15, 0.2) is 0 Å². The summed E-state index contributed by atoms with van der Waals surface area (Å²) >= 11 is 0. The highest BCUT2D eigenvalue weighted by atomic mass is 32.2. The molecule has 2 aromatic rings. The highest BCUT2D eigenvalue weighted by Gasteiger charge is 2.16. The van der Waals surface area contributed by atoms with Crippen LogP contribution in [0.1, 0.15) is 20.8 Å². The molecule has 0 fully saturated rings. The molecule has 0 aliphatic rings. The number of nitrogens with zero attached hydrogens (tertiary/aromatic N) is 2. The first-order chi connectivity index (χ1) is 9.87. The van der Waals surface area contributed by atoms with Crippen LogP contribution in [0, 0.1) is 0 Å². The number of aromatic nitrogens is 2. The maximum atomic E-state index is 12.3. The van der Waals surface area contributed by atoms with E-state index in [2.05, 4.69) is 10.3 Å². The normalized spacial score (nSPS) is 13.1. The van der Waals surface area contributed by atoms with Crippen molar-refractivity contribution in [1.82, 2.24) is 14.7 Å². The molecule has 0 spiro atoms. The lowest BCUT2D eigenvalue weighted by molar-refractivity contribution is 0.0531. The fourth-order valence-corrected chi connectivity index (χ4v) is 2.87. The van der Waals surface area contributed by atoms with Gasteiger partial charge in [-0.2, -0.15) is 0 Å². The zero-order chi connectivity index (χ0) is 15.5. The van der Waals surface area contributed by atoms with E-state index in [9.17, 15) is 9.00 Å². The summed E-state index contributed by atoms with van der Waals surface area (Å²) in [5, 5.41) is 3.27. The number of nitrogens with one attached hydrogen (secondary N) is 1. The molecule has 0 aromatic carbocycles. The van der Waals surface area contributed by atoms with Gasteiger partial charge in [-0.25, -0.2) is 9.78 Å². The van der Waals surface area contributed by atoms with Crippen molar-refractivity contribution in [2.75, 3.05) is 12.3 Å². The monoisotopic (exact) mass is 309 g/mol. The van der Waals surface area contributed by atoms with Crippen LogP contribution < -0.4 is 5.32 Å². The van der Waals surface area contributed by atoms with Gasteiger partial charge in [0.05, 0.1) is 10.8 Å². The Labute approximate surface area is 126 Å². The van der Waals surface area contributed by atoms with Crippen molar-refractivity contribution in [3.63, 3.8) is 0 Å². The minimum atomic E-state index is -1.22. The molecule has 114 valence electrons. The van der Waals surface area contributed by atoms with Crippen molar-refractivity contribution in [2.45, 2.75) is 31.4 Å². The lowest BCUT2D eigenvalue weighted by atomic mass is 10.2. The van der Waals surface area contributed by atoms with Crippen LogP contribution in [0.2, 0.25) is 0 Å². The third-order valence-corrected chi connectivity index (χ3v) is 3.95. The van der Waals surface area contributed by atoms with Crippen LogP contribution in [-0.4, -0.2) is 37.6 Å². The van der Waals surface area contributed by atoms with Gasteiger partial charge >= 0.3 is 6.09 Å². The molecule has 7 heteroatoms. The molecule has 0 radical (unpaired) electrons. The molecule has 1 unspecified atom stereocenters. The van der Waals surface area contributed by atoms with Crippen LogP contribution in [-0.2, 0) is 15.5 Å². The van der Waals surface area contributed by atoms with E-state index in [1.165, 1.54) is 0 Å². The fraction of sp³-hybridized carbons (Fsp3) is 0.429. The Morgan fingerprint density at radius 2 is 2.19 bits per heavy atom. The van der Waals surface area contributed by atoms with Crippen LogP contribution >= 0.6 is 0 Å². The Kier molecular flexibility index (Phi) is 4.62. The Bertz CT molecular complexity index is 661. The first-order valence-electron chi connectivity index (χ1n) is 6.64. The molecule has 0 saturated heterocycles. The second-order valence-corrected chi connectivity index (χ2v) is 7.02. The van der Waals surface area contributed by atoms with E-state index in [1.54, 1.807) is 43.6 Å². The summed E-state index contributed by atoms with van der Waals surface area (Å²) in [6.07, 6.45) is 2.93. The summed E-state index contributed by atoms with van der Waals surface area (Å²) in [6, 6.07) is 5.45. The summed E-state index contributed by atoms with van der Waals surface area (Å²) in [7, 11) is -1.22. The Balaban J connectivity index is 1.91. The molecule has 6 nitrogen and oxygen atoms in total. The molecule has 0 bridgehead atoms. The van der Waals surface area contributed by atoms with Crippen molar-refractivity contribution in [3.8, 4) is 0 Å². The lowest BCUT2D eigenvalue weighted by Gasteiger charge is -2.19. The summed E-state index contributed by atoms with van der Waals surface area (Å²) < 4.78 is 19.2. The van der Waals surface area contributed by atoms with Crippen molar-refractivity contribution in [3.05, 3.63) is 30.6 Å². The number of ether oxygens (including phenoxy) is 1. The number of pyridine rings is 1.